The van der Waals surface area contributed by atoms with E-state index in [1.54, 1.807) is 18.2 Å². The van der Waals surface area contributed by atoms with Crippen molar-refractivity contribution in [3.8, 4) is 0 Å². The number of hydrazone groups is 1. The average Bonchev–Trinajstić information content (AvgIpc) is 2.15. The Kier molecular flexibility index (Phi) is 3.68. The number of carbonyl (C=O) groups is 1. The maximum Gasteiger partial charge on any atom is 0.351 e. The number of aliphatic carboxylic acids is 1. The van der Waals surface area contributed by atoms with Crippen LogP contribution in [0, 0.1) is 6.92 Å². The smallest absolute Gasteiger partial charge is 0.351 e. The lowest BCUT2D eigenvalue weighted by Gasteiger charge is -2.05. The molecule has 0 atom stereocenters. The van der Waals surface area contributed by atoms with E-state index < -0.39 is 5.97 Å². The number of nitrogens with one attached hydrogen (secondary N) is 1. The van der Waals surface area contributed by atoms with Gasteiger partial charge in [0.25, 0.3) is 0 Å². The molecule has 0 unspecified atom stereocenters. The Morgan fingerprint density at radius 1 is 1.53 bits per heavy atom. The van der Waals surface area contributed by atoms with E-state index in [4.69, 9.17) is 16.7 Å². The van der Waals surface area contributed by atoms with Crippen LogP contribution in [0.5, 0.6) is 0 Å². The Labute approximate surface area is 92.6 Å². The first-order chi connectivity index (χ1) is 7.00. The van der Waals surface area contributed by atoms with E-state index in [0.717, 1.165) is 11.3 Å². The highest BCUT2D eigenvalue weighted by atomic mass is 35.5. The molecular formula is C10H11ClN2O2. The minimum Gasteiger partial charge on any atom is -0.477 e. The summed E-state index contributed by atoms with van der Waals surface area (Å²) in [7, 11) is 0. The highest BCUT2D eigenvalue weighted by molar-refractivity contribution is 6.34. The SMILES string of the molecule is C/C(=N\Nc1ccc(Cl)cc1C)C(=O)O. The normalized spacial score (nSPS) is 11.3. The van der Waals surface area contributed by atoms with Crippen molar-refractivity contribution in [3.05, 3.63) is 28.8 Å². The number of carboxylic acid groups (broad SMARTS) is 1. The molecule has 0 spiro atoms. The van der Waals surface area contributed by atoms with Gasteiger partial charge in [-0.05, 0) is 37.6 Å². The summed E-state index contributed by atoms with van der Waals surface area (Å²) in [5, 5.41) is 12.9. The van der Waals surface area contributed by atoms with Crippen LogP contribution in [0.4, 0.5) is 5.69 Å². The van der Waals surface area contributed by atoms with E-state index >= 15 is 0 Å². The fourth-order valence-corrected chi connectivity index (χ4v) is 1.17. The van der Waals surface area contributed by atoms with Crippen LogP contribution >= 0.6 is 11.6 Å². The van der Waals surface area contributed by atoms with E-state index in [1.165, 1.54) is 6.92 Å². The van der Waals surface area contributed by atoms with Crippen LogP contribution in [0.3, 0.4) is 0 Å². The summed E-state index contributed by atoms with van der Waals surface area (Å²) in [6.45, 7) is 3.28. The van der Waals surface area contributed by atoms with Crippen LogP contribution in [0.2, 0.25) is 5.02 Å². The van der Waals surface area contributed by atoms with Crippen LogP contribution < -0.4 is 5.43 Å². The molecule has 0 aliphatic carbocycles. The zero-order chi connectivity index (χ0) is 11.4. The third-order valence-electron chi connectivity index (χ3n) is 1.84. The van der Waals surface area contributed by atoms with Gasteiger partial charge in [0, 0.05) is 5.02 Å². The van der Waals surface area contributed by atoms with Gasteiger partial charge in [-0.25, -0.2) is 4.79 Å². The molecule has 2 N–H and O–H groups in total. The van der Waals surface area contributed by atoms with Crippen LogP contribution in [-0.4, -0.2) is 16.8 Å². The summed E-state index contributed by atoms with van der Waals surface area (Å²) in [6, 6.07) is 5.23. The van der Waals surface area contributed by atoms with Crippen LogP contribution in [0.1, 0.15) is 12.5 Å². The van der Waals surface area contributed by atoms with Gasteiger partial charge in [0.1, 0.15) is 5.71 Å². The summed E-state index contributed by atoms with van der Waals surface area (Å²) < 4.78 is 0. The lowest BCUT2D eigenvalue weighted by molar-refractivity contribution is -0.129. The first-order valence-electron chi connectivity index (χ1n) is 4.30. The molecule has 0 radical (unpaired) electrons. The molecule has 0 saturated heterocycles. The zero-order valence-electron chi connectivity index (χ0n) is 8.41. The summed E-state index contributed by atoms with van der Waals surface area (Å²) in [6.07, 6.45) is 0. The van der Waals surface area contributed by atoms with Crippen molar-refractivity contribution in [3.63, 3.8) is 0 Å². The van der Waals surface area contributed by atoms with E-state index in [1.807, 2.05) is 6.92 Å². The summed E-state index contributed by atoms with van der Waals surface area (Å²) in [5.74, 6) is -1.05. The van der Waals surface area contributed by atoms with Crippen molar-refractivity contribution < 1.29 is 9.90 Å². The zero-order valence-corrected chi connectivity index (χ0v) is 9.17. The second-order valence-electron chi connectivity index (χ2n) is 3.07. The summed E-state index contributed by atoms with van der Waals surface area (Å²) in [4.78, 5) is 10.5. The maximum absolute atomic E-state index is 10.5. The predicted molar refractivity (Wildman–Crippen MR) is 60.6 cm³/mol. The molecule has 0 aromatic heterocycles. The number of nitrogens with zero attached hydrogens (tertiary/aromatic N) is 1. The average molecular weight is 227 g/mol. The van der Waals surface area contributed by atoms with Gasteiger partial charge < -0.3 is 5.11 Å². The molecular weight excluding hydrogens is 216 g/mol. The van der Waals surface area contributed by atoms with Crippen molar-refractivity contribution in [1.29, 1.82) is 0 Å². The van der Waals surface area contributed by atoms with Crippen molar-refractivity contribution in [2.45, 2.75) is 13.8 Å². The fraction of sp³-hybridized carbons (Fsp3) is 0.200. The highest BCUT2D eigenvalue weighted by Gasteiger charge is 2.02. The van der Waals surface area contributed by atoms with E-state index in [2.05, 4.69) is 10.5 Å². The maximum atomic E-state index is 10.5. The van der Waals surface area contributed by atoms with Crippen LogP contribution in [-0.2, 0) is 4.79 Å². The second kappa shape index (κ2) is 4.79. The number of hydrogen-bond acceptors (Lipinski definition) is 3. The Bertz CT molecular complexity index is 416. The fourth-order valence-electron chi connectivity index (χ4n) is 0.944. The minimum atomic E-state index is -1.05. The van der Waals surface area contributed by atoms with Gasteiger partial charge in [0.15, 0.2) is 0 Å². The van der Waals surface area contributed by atoms with E-state index in [-0.39, 0.29) is 5.71 Å². The topological polar surface area (TPSA) is 61.7 Å². The molecule has 15 heavy (non-hydrogen) atoms. The third-order valence-corrected chi connectivity index (χ3v) is 2.08. The van der Waals surface area contributed by atoms with Crippen molar-refractivity contribution in [2.75, 3.05) is 5.43 Å². The molecule has 0 saturated carbocycles. The predicted octanol–water partition coefficient (Wildman–Crippen LogP) is 2.52. The lowest BCUT2D eigenvalue weighted by Crippen LogP contribution is -2.10. The van der Waals surface area contributed by atoms with Gasteiger partial charge in [0.2, 0.25) is 0 Å². The molecule has 0 amide bonds. The van der Waals surface area contributed by atoms with Crippen LogP contribution in [0.15, 0.2) is 23.3 Å². The highest BCUT2D eigenvalue weighted by Crippen LogP contribution is 2.19. The quantitative estimate of drug-likeness (QED) is 0.615. The number of hydrogen-bond donors (Lipinski definition) is 2. The Hall–Kier alpha value is -1.55. The molecule has 0 aliphatic rings. The summed E-state index contributed by atoms with van der Waals surface area (Å²) >= 11 is 5.77. The molecule has 1 aromatic carbocycles. The molecule has 0 aliphatic heterocycles. The van der Waals surface area contributed by atoms with Crippen molar-refractivity contribution >= 4 is 29.0 Å². The third kappa shape index (κ3) is 3.25. The number of halogens is 1. The first kappa shape index (κ1) is 11.5. The standard InChI is InChI=1S/C10H11ClN2O2/c1-6-5-8(11)3-4-9(6)13-12-7(2)10(14)15/h3-5,13H,1-2H3,(H,14,15)/b12-7+. The number of anilines is 1. The Balaban J connectivity index is 2.82. The van der Waals surface area contributed by atoms with E-state index in [9.17, 15) is 4.79 Å². The van der Waals surface area contributed by atoms with Gasteiger partial charge in [-0.15, -0.1) is 0 Å². The Morgan fingerprint density at radius 3 is 2.73 bits per heavy atom. The molecule has 1 rings (SSSR count). The van der Waals surface area contributed by atoms with E-state index in [0.29, 0.717) is 5.02 Å². The molecule has 4 nitrogen and oxygen atoms in total. The van der Waals surface area contributed by atoms with Crippen molar-refractivity contribution in [2.24, 2.45) is 5.10 Å². The van der Waals surface area contributed by atoms with Gasteiger partial charge in [0.05, 0.1) is 5.69 Å². The number of benzene rings is 1. The minimum absolute atomic E-state index is 0.00403. The summed E-state index contributed by atoms with van der Waals surface area (Å²) in [5.41, 5.74) is 4.32. The monoisotopic (exact) mass is 226 g/mol. The molecule has 0 heterocycles. The first-order valence-corrected chi connectivity index (χ1v) is 4.68. The second-order valence-corrected chi connectivity index (χ2v) is 3.51. The molecule has 5 heteroatoms. The molecule has 80 valence electrons. The van der Waals surface area contributed by atoms with Gasteiger partial charge in [-0.1, -0.05) is 11.6 Å². The van der Waals surface area contributed by atoms with Gasteiger partial charge >= 0.3 is 5.97 Å². The van der Waals surface area contributed by atoms with Crippen LogP contribution in [0.25, 0.3) is 0 Å². The van der Waals surface area contributed by atoms with Gasteiger partial charge in [-0.3, -0.25) is 5.43 Å². The molecule has 1 aromatic rings. The molecule has 0 bridgehead atoms. The number of aryl methyl sites for hydroxylation is 1. The van der Waals surface area contributed by atoms with Gasteiger partial charge in [-0.2, -0.15) is 5.10 Å². The largest absolute Gasteiger partial charge is 0.477 e. The molecule has 0 fully saturated rings. The number of carboxylic acids is 1. The van der Waals surface area contributed by atoms with Crippen molar-refractivity contribution in [1.82, 2.24) is 0 Å². The number of rotatable bonds is 3. The lowest BCUT2D eigenvalue weighted by atomic mass is 10.2. The Morgan fingerprint density at radius 2 is 2.20 bits per heavy atom.